The van der Waals surface area contributed by atoms with Gasteiger partial charge < -0.3 is 0 Å². The van der Waals surface area contributed by atoms with Crippen LogP contribution in [0.4, 0.5) is 0 Å². The lowest BCUT2D eigenvalue weighted by atomic mass is 9.89. The van der Waals surface area contributed by atoms with Gasteiger partial charge in [-0.3, -0.25) is 0 Å². The van der Waals surface area contributed by atoms with Crippen molar-refractivity contribution in [1.29, 1.82) is 5.26 Å². The summed E-state index contributed by atoms with van der Waals surface area (Å²) in [7, 11) is 0. The van der Waals surface area contributed by atoms with Gasteiger partial charge in [0.1, 0.15) is 0 Å². The van der Waals surface area contributed by atoms with Gasteiger partial charge in [0.2, 0.25) is 0 Å². The Morgan fingerprint density at radius 1 is 0.346 bits per heavy atom. The van der Waals surface area contributed by atoms with Gasteiger partial charge in [-0.15, -0.1) is 0 Å². The molecular weight excluding hydrogens is 631 g/mol. The predicted molar refractivity (Wildman–Crippen MR) is 214 cm³/mol. The summed E-state index contributed by atoms with van der Waals surface area (Å²) < 4.78 is 0. The molecule has 52 heavy (non-hydrogen) atoms. The zero-order valence-corrected chi connectivity index (χ0v) is 28.2. The Bertz CT molecular complexity index is 2710. The van der Waals surface area contributed by atoms with Crippen LogP contribution in [0.3, 0.4) is 0 Å². The fourth-order valence-corrected chi connectivity index (χ4v) is 7.05. The van der Waals surface area contributed by atoms with Crippen molar-refractivity contribution in [2.24, 2.45) is 0 Å². The summed E-state index contributed by atoms with van der Waals surface area (Å²) in [6.45, 7) is 0. The first-order valence-electron chi connectivity index (χ1n) is 17.4. The van der Waals surface area contributed by atoms with Crippen LogP contribution in [-0.4, -0.2) is 9.97 Å². The van der Waals surface area contributed by atoms with Crippen molar-refractivity contribution in [1.82, 2.24) is 9.97 Å². The third-order valence-electron chi connectivity index (χ3n) is 9.70. The lowest BCUT2D eigenvalue weighted by Crippen LogP contribution is -1.95. The van der Waals surface area contributed by atoms with E-state index in [4.69, 9.17) is 9.97 Å². The summed E-state index contributed by atoms with van der Waals surface area (Å²) in [6.07, 6.45) is 0. The van der Waals surface area contributed by atoms with Crippen molar-refractivity contribution in [3.8, 4) is 73.4 Å². The number of fused-ring (bicyclic) bond motifs is 2. The van der Waals surface area contributed by atoms with Crippen LogP contribution < -0.4 is 0 Å². The van der Waals surface area contributed by atoms with Gasteiger partial charge in [0.15, 0.2) is 5.82 Å². The highest BCUT2D eigenvalue weighted by atomic mass is 14.9. The summed E-state index contributed by atoms with van der Waals surface area (Å²) in [5.41, 5.74) is 12.3. The lowest BCUT2D eigenvalue weighted by Gasteiger charge is -2.15. The van der Waals surface area contributed by atoms with Crippen LogP contribution in [0.1, 0.15) is 5.56 Å². The molecule has 0 atom stereocenters. The molecule has 0 radical (unpaired) electrons. The van der Waals surface area contributed by atoms with Gasteiger partial charge in [0.05, 0.1) is 23.0 Å². The van der Waals surface area contributed by atoms with Gasteiger partial charge >= 0.3 is 0 Å². The fourth-order valence-electron chi connectivity index (χ4n) is 7.05. The molecule has 9 aromatic rings. The number of hydrogen-bond donors (Lipinski definition) is 0. The van der Waals surface area contributed by atoms with E-state index in [0.717, 1.165) is 55.9 Å². The lowest BCUT2D eigenvalue weighted by molar-refractivity contribution is 1.18. The Labute approximate surface area is 302 Å². The van der Waals surface area contributed by atoms with Crippen molar-refractivity contribution in [2.75, 3.05) is 0 Å². The summed E-state index contributed by atoms with van der Waals surface area (Å²) in [4.78, 5) is 10.00. The van der Waals surface area contributed by atoms with Crippen LogP contribution in [0.2, 0.25) is 0 Å². The molecular formula is C49H31N3. The standard InChI is InChI=1S/C49H31N3/c50-32-33-19-21-35(22-20-33)45-30-42(28-40-16-8-9-17-43(40)45)46-29-41(27-39-15-7-10-18-44(39)46)34-23-25-37(26-24-34)48-31-47(36-11-3-1-4-12-36)51-49(52-48)38-13-5-2-6-14-38/h1-31H. The molecule has 0 spiro atoms. The number of nitrogens with zero attached hydrogens (tertiary/aromatic N) is 3. The molecule has 0 saturated carbocycles. The van der Waals surface area contributed by atoms with E-state index in [1.807, 2.05) is 60.7 Å². The van der Waals surface area contributed by atoms with E-state index < -0.39 is 0 Å². The minimum absolute atomic E-state index is 0.655. The van der Waals surface area contributed by atoms with Crippen LogP contribution >= 0.6 is 0 Å². The number of nitriles is 1. The summed E-state index contributed by atoms with van der Waals surface area (Å²) >= 11 is 0. The van der Waals surface area contributed by atoms with Gasteiger partial charge in [-0.1, -0.05) is 146 Å². The number of rotatable bonds is 6. The average molecular weight is 662 g/mol. The minimum Gasteiger partial charge on any atom is -0.228 e. The second-order valence-electron chi connectivity index (χ2n) is 13.0. The maximum absolute atomic E-state index is 9.41. The van der Waals surface area contributed by atoms with Crippen molar-refractivity contribution < 1.29 is 0 Å². The van der Waals surface area contributed by atoms with Gasteiger partial charge in [-0.25, -0.2) is 9.97 Å². The van der Waals surface area contributed by atoms with E-state index in [1.165, 1.54) is 27.1 Å². The van der Waals surface area contributed by atoms with E-state index in [-0.39, 0.29) is 0 Å². The summed E-state index contributed by atoms with van der Waals surface area (Å²) in [5.74, 6) is 0.705. The molecule has 0 amide bonds. The number of benzene rings is 8. The highest BCUT2D eigenvalue weighted by Crippen LogP contribution is 2.39. The highest BCUT2D eigenvalue weighted by molar-refractivity contribution is 6.05. The van der Waals surface area contributed by atoms with Gasteiger partial charge in [-0.2, -0.15) is 5.26 Å². The van der Waals surface area contributed by atoms with Crippen molar-refractivity contribution in [3.05, 3.63) is 194 Å². The molecule has 0 fully saturated rings. The first kappa shape index (κ1) is 30.9. The van der Waals surface area contributed by atoms with E-state index in [1.54, 1.807) is 0 Å². The van der Waals surface area contributed by atoms with E-state index in [9.17, 15) is 5.26 Å². The molecule has 3 heteroatoms. The van der Waals surface area contributed by atoms with Crippen LogP contribution in [-0.2, 0) is 0 Å². The first-order chi connectivity index (χ1) is 25.7. The molecule has 0 bridgehead atoms. The van der Waals surface area contributed by atoms with Gasteiger partial charge in [0, 0.05) is 16.7 Å². The highest BCUT2D eigenvalue weighted by Gasteiger charge is 2.14. The predicted octanol–water partition coefficient (Wildman–Crippen LogP) is 12.7. The normalized spacial score (nSPS) is 11.1. The van der Waals surface area contributed by atoms with Crippen molar-refractivity contribution in [3.63, 3.8) is 0 Å². The molecule has 0 saturated heterocycles. The molecule has 0 unspecified atom stereocenters. The summed E-state index contributed by atoms with van der Waals surface area (Å²) in [5, 5.41) is 14.2. The monoisotopic (exact) mass is 661 g/mol. The molecule has 0 N–H and O–H groups in total. The topological polar surface area (TPSA) is 49.6 Å². The molecule has 1 heterocycles. The fraction of sp³-hybridized carbons (Fsp3) is 0. The molecule has 1 aromatic heterocycles. The zero-order valence-electron chi connectivity index (χ0n) is 28.2. The second-order valence-corrected chi connectivity index (χ2v) is 13.0. The quantitative estimate of drug-likeness (QED) is 0.178. The zero-order chi connectivity index (χ0) is 34.9. The van der Waals surface area contributed by atoms with Crippen LogP contribution in [0.25, 0.3) is 88.8 Å². The Kier molecular flexibility index (Phi) is 7.89. The average Bonchev–Trinajstić information content (AvgIpc) is 3.23. The summed E-state index contributed by atoms with van der Waals surface area (Å²) in [6, 6.07) is 67.7. The Hall–Kier alpha value is -7.15. The molecule has 0 aliphatic heterocycles. The largest absolute Gasteiger partial charge is 0.228 e. The molecule has 0 aliphatic rings. The Morgan fingerprint density at radius 3 is 1.42 bits per heavy atom. The number of hydrogen-bond acceptors (Lipinski definition) is 3. The Balaban J connectivity index is 1.15. The Morgan fingerprint density at radius 2 is 0.808 bits per heavy atom. The maximum atomic E-state index is 9.41. The molecule has 0 aliphatic carbocycles. The van der Waals surface area contributed by atoms with Crippen LogP contribution in [0, 0.1) is 11.3 Å². The molecule has 9 rings (SSSR count). The smallest absolute Gasteiger partial charge is 0.160 e. The molecule has 3 nitrogen and oxygen atoms in total. The first-order valence-corrected chi connectivity index (χ1v) is 17.4. The molecule has 242 valence electrons. The second kappa shape index (κ2) is 13.3. The van der Waals surface area contributed by atoms with Gasteiger partial charge in [0.25, 0.3) is 0 Å². The van der Waals surface area contributed by atoms with Crippen LogP contribution in [0.15, 0.2) is 188 Å². The minimum atomic E-state index is 0.655. The third-order valence-corrected chi connectivity index (χ3v) is 9.70. The van der Waals surface area contributed by atoms with E-state index in [2.05, 4.69) is 133 Å². The van der Waals surface area contributed by atoms with Crippen molar-refractivity contribution in [2.45, 2.75) is 0 Å². The van der Waals surface area contributed by atoms with Gasteiger partial charge in [-0.05, 0) is 97.4 Å². The van der Waals surface area contributed by atoms with E-state index >= 15 is 0 Å². The van der Waals surface area contributed by atoms with Crippen LogP contribution in [0.5, 0.6) is 0 Å². The SMILES string of the molecule is N#Cc1ccc(-c2cc(-c3cc(-c4ccc(-c5cc(-c6ccccc6)nc(-c6ccccc6)n5)cc4)cc4ccccc34)cc3ccccc23)cc1. The third kappa shape index (κ3) is 5.89. The number of aromatic nitrogens is 2. The molecule has 8 aromatic carbocycles. The van der Waals surface area contributed by atoms with Crippen molar-refractivity contribution >= 4 is 21.5 Å². The van der Waals surface area contributed by atoms with E-state index in [0.29, 0.717) is 11.4 Å². The maximum Gasteiger partial charge on any atom is 0.160 e.